The van der Waals surface area contributed by atoms with E-state index in [0.717, 1.165) is 27.6 Å². The van der Waals surface area contributed by atoms with Crippen molar-refractivity contribution in [3.63, 3.8) is 0 Å². The Morgan fingerprint density at radius 1 is 0.914 bits per heavy atom. The first-order valence-electron chi connectivity index (χ1n) is 11.2. The highest BCUT2D eigenvalue weighted by Gasteiger charge is 2.25. The molecular formula is C26H24BrN3O3S2. The minimum absolute atomic E-state index is 0.0244. The van der Waals surface area contributed by atoms with Gasteiger partial charge in [-0.15, -0.1) is 11.3 Å². The molecule has 5 rings (SSSR count). The maximum Gasteiger partial charge on any atom is 0.264 e. The van der Waals surface area contributed by atoms with Crippen molar-refractivity contribution in [2.75, 3.05) is 42.4 Å². The summed E-state index contributed by atoms with van der Waals surface area (Å²) in [7, 11) is -2.15. The average Bonchev–Trinajstić information content (AvgIpc) is 3.32. The lowest BCUT2D eigenvalue weighted by molar-refractivity contribution is 0.0751. The number of anilines is 2. The molecule has 0 N–H and O–H groups in total. The highest BCUT2D eigenvalue weighted by molar-refractivity contribution is 9.10. The fourth-order valence-corrected chi connectivity index (χ4v) is 6.66. The monoisotopic (exact) mass is 569 g/mol. The number of fused-ring (bicyclic) bond motifs is 1. The Morgan fingerprint density at radius 3 is 2.29 bits per heavy atom. The topological polar surface area (TPSA) is 60.9 Å². The van der Waals surface area contributed by atoms with Crippen LogP contribution in [-0.4, -0.2) is 52.5 Å². The maximum absolute atomic E-state index is 13.2. The second kappa shape index (κ2) is 9.64. The number of benzene rings is 3. The van der Waals surface area contributed by atoms with E-state index in [1.54, 1.807) is 37.4 Å². The smallest absolute Gasteiger partial charge is 0.264 e. The van der Waals surface area contributed by atoms with E-state index in [1.807, 2.05) is 41.3 Å². The molecule has 0 radical (unpaired) electrons. The molecule has 1 fully saturated rings. The van der Waals surface area contributed by atoms with Crippen LogP contribution in [0.2, 0.25) is 0 Å². The quantitative estimate of drug-likeness (QED) is 0.320. The first-order valence-corrected chi connectivity index (χ1v) is 14.3. The van der Waals surface area contributed by atoms with E-state index >= 15 is 0 Å². The van der Waals surface area contributed by atoms with E-state index in [9.17, 15) is 13.2 Å². The van der Waals surface area contributed by atoms with Gasteiger partial charge in [-0.2, -0.15) is 0 Å². The molecule has 6 nitrogen and oxygen atoms in total. The van der Waals surface area contributed by atoms with Crippen molar-refractivity contribution < 1.29 is 13.2 Å². The average molecular weight is 571 g/mol. The lowest BCUT2D eigenvalue weighted by Gasteiger charge is -2.35. The Balaban J connectivity index is 1.32. The number of rotatable bonds is 5. The highest BCUT2D eigenvalue weighted by Crippen LogP contribution is 2.32. The van der Waals surface area contributed by atoms with Crippen molar-refractivity contribution in [3.8, 4) is 0 Å². The van der Waals surface area contributed by atoms with E-state index in [4.69, 9.17) is 0 Å². The van der Waals surface area contributed by atoms with Gasteiger partial charge in [0.15, 0.2) is 0 Å². The molecule has 1 aliphatic heterocycles. The summed E-state index contributed by atoms with van der Waals surface area (Å²) in [6.07, 6.45) is 0. The minimum atomic E-state index is -3.70. The summed E-state index contributed by atoms with van der Waals surface area (Å²) in [5.74, 6) is 0.0244. The van der Waals surface area contributed by atoms with Gasteiger partial charge in [0.1, 0.15) is 0 Å². The summed E-state index contributed by atoms with van der Waals surface area (Å²) in [4.78, 5) is 18.3. The summed E-state index contributed by atoms with van der Waals surface area (Å²) < 4.78 is 29.2. The summed E-state index contributed by atoms with van der Waals surface area (Å²) >= 11 is 4.78. The van der Waals surface area contributed by atoms with Crippen LogP contribution in [0.5, 0.6) is 0 Å². The van der Waals surface area contributed by atoms with Gasteiger partial charge in [0.25, 0.3) is 15.9 Å². The Bertz CT molecular complexity index is 1460. The Kier molecular flexibility index (Phi) is 6.57. The van der Waals surface area contributed by atoms with Crippen LogP contribution in [0.1, 0.15) is 9.67 Å². The van der Waals surface area contributed by atoms with Crippen molar-refractivity contribution in [1.29, 1.82) is 0 Å². The highest BCUT2D eigenvalue weighted by atomic mass is 79.9. The number of amides is 1. The van der Waals surface area contributed by atoms with Gasteiger partial charge in [-0.1, -0.05) is 34.1 Å². The number of carbonyl (C=O) groups is 1. The van der Waals surface area contributed by atoms with E-state index in [-0.39, 0.29) is 10.8 Å². The summed E-state index contributed by atoms with van der Waals surface area (Å²) in [6.45, 7) is 2.93. The maximum atomic E-state index is 13.2. The normalized spacial score (nSPS) is 14.3. The van der Waals surface area contributed by atoms with Crippen LogP contribution in [0.15, 0.2) is 88.2 Å². The lowest BCUT2D eigenvalue weighted by Crippen LogP contribution is -2.48. The fraction of sp³-hybridized carbons (Fsp3) is 0.192. The molecule has 0 bridgehead atoms. The van der Waals surface area contributed by atoms with E-state index in [2.05, 4.69) is 33.0 Å². The first-order chi connectivity index (χ1) is 16.8. The Labute approximate surface area is 217 Å². The molecule has 180 valence electrons. The van der Waals surface area contributed by atoms with Gasteiger partial charge in [0, 0.05) is 48.1 Å². The number of hydrogen-bond acceptors (Lipinski definition) is 5. The molecule has 0 spiro atoms. The van der Waals surface area contributed by atoms with E-state index in [1.165, 1.54) is 21.3 Å². The third-order valence-electron chi connectivity index (χ3n) is 6.23. The van der Waals surface area contributed by atoms with Crippen LogP contribution in [0.25, 0.3) is 10.1 Å². The van der Waals surface area contributed by atoms with Crippen molar-refractivity contribution in [2.45, 2.75) is 4.90 Å². The van der Waals surface area contributed by atoms with E-state index < -0.39 is 10.0 Å². The van der Waals surface area contributed by atoms with Crippen molar-refractivity contribution in [1.82, 2.24) is 4.90 Å². The second-order valence-electron chi connectivity index (χ2n) is 8.37. The molecular weight excluding hydrogens is 546 g/mol. The Hall–Kier alpha value is -2.88. The zero-order valence-electron chi connectivity index (χ0n) is 19.1. The van der Waals surface area contributed by atoms with Crippen molar-refractivity contribution >= 4 is 64.7 Å². The van der Waals surface area contributed by atoms with Gasteiger partial charge in [0.05, 0.1) is 15.5 Å². The second-order valence-corrected chi connectivity index (χ2v) is 12.3. The van der Waals surface area contributed by atoms with Gasteiger partial charge in [-0.3, -0.25) is 9.10 Å². The molecule has 0 atom stereocenters. The number of halogens is 1. The van der Waals surface area contributed by atoms with Crippen molar-refractivity contribution in [2.24, 2.45) is 0 Å². The van der Waals surface area contributed by atoms with Gasteiger partial charge in [-0.05, 0) is 66.0 Å². The molecule has 2 heterocycles. The van der Waals surface area contributed by atoms with Gasteiger partial charge in [-0.25, -0.2) is 8.42 Å². The molecule has 35 heavy (non-hydrogen) atoms. The third kappa shape index (κ3) is 4.80. The van der Waals surface area contributed by atoms with Crippen molar-refractivity contribution in [3.05, 3.63) is 88.2 Å². The SMILES string of the molecule is CN(c1ccc2sc(C(=O)N3CCN(c4ccccc4)CC3)cc2c1)S(=O)(=O)c1ccc(Br)cc1. The zero-order chi connectivity index (χ0) is 24.6. The summed E-state index contributed by atoms with van der Waals surface area (Å²) in [5.41, 5.74) is 1.73. The molecule has 0 unspecified atom stereocenters. The van der Waals surface area contributed by atoms with Crippen LogP contribution in [-0.2, 0) is 10.0 Å². The number of thiophene rings is 1. The predicted octanol–water partition coefficient (Wildman–Crippen LogP) is 5.45. The largest absolute Gasteiger partial charge is 0.368 e. The summed E-state index contributed by atoms with van der Waals surface area (Å²) in [5, 5.41) is 0.858. The van der Waals surface area contributed by atoms with Crippen LogP contribution in [0, 0.1) is 0 Å². The molecule has 3 aromatic carbocycles. The lowest BCUT2D eigenvalue weighted by atomic mass is 10.2. The predicted molar refractivity (Wildman–Crippen MR) is 146 cm³/mol. The summed E-state index contributed by atoms with van der Waals surface area (Å²) in [6, 6.07) is 24.2. The number of piperazine rings is 1. The van der Waals surface area contributed by atoms with E-state index in [0.29, 0.717) is 23.7 Å². The van der Waals surface area contributed by atoms with Crippen LogP contribution in [0.3, 0.4) is 0 Å². The molecule has 0 saturated carbocycles. The van der Waals surface area contributed by atoms with Gasteiger partial charge < -0.3 is 9.80 Å². The number of nitrogens with zero attached hydrogens (tertiary/aromatic N) is 3. The minimum Gasteiger partial charge on any atom is -0.368 e. The molecule has 4 aromatic rings. The molecule has 1 aliphatic rings. The van der Waals surface area contributed by atoms with Gasteiger partial charge >= 0.3 is 0 Å². The molecule has 9 heteroatoms. The molecule has 1 aromatic heterocycles. The van der Waals surface area contributed by atoms with Crippen LogP contribution < -0.4 is 9.21 Å². The number of sulfonamides is 1. The number of carbonyl (C=O) groups excluding carboxylic acids is 1. The standard InChI is InChI=1S/C26H24BrN3O3S2/c1-28(35(32,33)23-10-7-20(27)8-11-23)22-9-12-24-19(17-22)18-25(34-24)26(31)30-15-13-29(14-16-30)21-5-3-2-4-6-21/h2-12,17-18H,13-16H2,1H3. The molecule has 1 amide bonds. The molecule has 0 aliphatic carbocycles. The fourth-order valence-electron chi connectivity index (χ4n) is 4.20. The third-order valence-corrected chi connectivity index (χ3v) is 9.67. The number of hydrogen-bond donors (Lipinski definition) is 0. The Morgan fingerprint density at radius 2 is 1.60 bits per heavy atom. The first kappa shape index (κ1) is 23.8. The zero-order valence-corrected chi connectivity index (χ0v) is 22.3. The van der Waals surface area contributed by atoms with Crippen LogP contribution in [0.4, 0.5) is 11.4 Å². The molecule has 1 saturated heterocycles. The van der Waals surface area contributed by atoms with Gasteiger partial charge in [0.2, 0.25) is 0 Å². The van der Waals surface area contributed by atoms with Crippen LogP contribution >= 0.6 is 27.3 Å². The number of para-hydroxylation sites is 1.